The Bertz CT molecular complexity index is 1270. The molecule has 0 spiro atoms. The van der Waals surface area contributed by atoms with Gasteiger partial charge < -0.3 is 15.7 Å². The van der Waals surface area contributed by atoms with E-state index in [-0.39, 0.29) is 29.5 Å². The van der Waals surface area contributed by atoms with Gasteiger partial charge in [-0.15, -0.1) is 6.42 Å². The maximum absolute atomic E-state index is 13.1. The van der Waals surface area contributed by atoms with Gasteiger partial charge in [-0.25, -0.2) is 14.3 Å². The fraction of sp³-hybridized carbons (Fsp3) is 0.227. The van der Waals surface area contributed by atoms with Crippen molar-refractivity contribution in [2.75, 3.05) is 6.54 Å². The Labute approximate surface area is 177 Å². The molecular weight excluding hydrogens is 398 g/mol. The van der Waals surface area contributed by atoms with Gasteiger partial charge in [-0.3, -0.25) is 9.59 Å². The number of terminal acetylenes is 1. The fourth-order valence-electron chi connectivity index (χ4n) is 3.91. The van der Waals surface area contributed by atoms with Crippen molar-refractivity contribution in [3.63, 3.8) is 0 Å². The lowest BCUT2D eigenvalue weighted by molar-refractivity contribution is 0.0695. The summed E-state index contributed by atoms with van der Waals surface area (Å²) >= 11 is 0. The summed E-state index contributed by atoms with van der Waals surface area (Å²) in [6.45, 7) is 1.83. The summed E-state index contributed by atoms with van der Waals surface area (Å²) in [6, 6.07) is 6.00. The molecule has 9 nitrogen and oxygen atoms in total. The Morgan fingerprint density at radius 2 is 2.10 bits per heavy atom. The van der Waals surface area contributed by atoms with Crippen LogP contribution in [-0.4, -0.2) is 44.0 Å². The van der Waals surface area contributed by atoms with Gasteiger partial charge in [-0.05, 0) is 42.5 Å². The molecule has 0 aliphatic heterocycles. The van der Waals surface area contributed by atoms with E-state index in [1.165, 1.54) is 16.8 Å². The van der Waals surface area contributed by atoms with Gasteiger partial charge in [0.1, 0.15) is 11.4 Å². The molecule has 3 N–H and O–H groups in total. The van der Waals surface area contributed by atoms with Gasteiger partial charge in [0.2, 0.25) is 0 Å². The maximum Gasteiger partial charge on any atom is 0.335 e. The van der Waals surface area contributed by atoms with Gasteiger partial charge in [-0.1, -0.05) is 12.0 Å². The van der Waals surface area contributed by atoms with Gasteiger partial charge in [0.05, 0.1) is 24.3 Å². The molecule has 31 heavy (non-hydrogen) atoms. The molecule has 1 aromatic carbocycles. The van der Waals surface area contributed by atoms with Crippen LogP contribution in [0.15, 0.2) is 30.5 Å². The van der Waals surface area contributed by atoms with E-state index in [9.17, 15) is 19.5 Å². The van der Waals surface area contributed by atoms with E-state index in [1.54, 1.807) is 25.1 Å². The van der Waals surface area contributed by atoms with Crippen LogP contribution in [0.3, 0.4) is 0 Å². The predicted molar refractivity (Wildman–Crippen MR) is 111 cm³/mol. The Morgan fingerprint density at radius 1 is 1.29 bits per heavy atom. The summed E-state index contributed by atoms with van der Waals surface area (Å²) in [4.78, 5) is 41.0. The normalized spacial score (nSPS) is 14.6. The van der Waals surface area contributed by atoms with Crippen molar-refractivity contribution in [1.29, 1.82) is 0 Å². The van der Waals surface area contributed by atoms with Gasteiger partial charge in [0.25, 0.3) is 11.8 Å². The third-order valence-corrected chi connectivity index (χ3v) is 5.40. The molecule has 1 aliphatic carbocycles. The van der Waals surface area contributed by atoms with E-state index in [2.05, 4.69) is 26.6 Å². The summed E-state index contributed by atoms with van der Waals surface area (Å²) in [7, 11) is 0. The maximum atomic E-state index is 13.1. The minimum Gasteiger partial charge on any atom is -0.478 e. The number of carbonyl (C=O) groups is 3. The zero-order chi connectivity index (χ0) is 22.1. The number of nitrogens with zero attached hydrogens (tertiary/aromatic N) is 3. The number of carbonyl (C=O) groups excluding carboxylic acids is 2. The number of rotatable bonds is 5. The largest absolute Gasteiger partial charge is 0.478 e. The quantitative estimate of drug-likeness (QED) is 0.541. The number of hydrogen-bond acceptors (Lipinski definition) is 5. The number of carboxylic acids is 1. The van der Waals surface area contributed by atoms with Gasteiger partial charge in [0, 0.05) is 12.1 Å². The number of carboxylic acid groups (broad SMARTS) is 1. The first-order chi connectivity index (χ1) is 14.9. The van der Waals surface area contributed by atoms with Crippen LogP contribution in [-0.2, 0) is 6.42 Å². The molecule has 2 heterocycles. The van der Waals surface area contributed by atoms with Crippen molar-refractivity contribution >= 4 is 23.4 Å². The highest BCUT2D eigenvalue weighted by molar-refractivity contribution is 5.98. The molecule has 1 atom stereocenters. The molecule has 0 fully saturated rings. The standard InChI is InChI=1S/C22H19N5O4/c1-3-9-23-20(28)17-11-18(27-19(25-17)8-10-24-27)21(29)26-16-7-6-13-12(2)14(22(30)31)4-5-15(13)16/h1,4-5,8,10-11,16H,6-7,9H2,2H3,(H,23,28)(H,26,29)(H,30,31)/t16-/m0/s1. The van der Waals surface area contributed by atoms with Gasteiger partial charge >= 0.3 is 5.97 Å². The van der Waals surface area contributed by atoms with Crippen LogP contribution in [0.2, 0.25) is 0 Å². The molecule has 1 aliphatic rings. The first-order valence-electron chi connectivity index (χ1n) is 9.63. The van der Waals surface area contributed by atoms with Crippen LogP contribution in [0.25, 0.3) is 5.65 Å². The van der Waals surface area contributed by atoms with Crippen molar-refractivity contribution < 1.29 is 19.5 Å². The number of amides is 2. The second-order valence-electron chi connectivity index (χ2n) is 7.19. The SMILES string of the molecule is C#CCNC(=O)c1cc(C(=O)N[C@H]2CCc3c2ccc(C(=O)O)c3C)n2nccc2n1. The summed E-state index contributed by atoms with van der Waals surface area (Å²) in [5.41, 5.74) is 3.39. The number of benzene rings is 1. The van der Waals surface area contributed by atoms with Crippen LogP contribution < -0.4 is 10.6 Å². The minimum atomic E-state index is -0.971. The van der Waals surface area contributed by atoms with Crippen LogP contribution in [0, 0.1) is 19.3 Å². The molecule has 0 unspecified atom stereocenters. The summed E-state index contributed by atoms with van der Waals surface area (Å²) in [5.74, 6) is 0.443. The lowest BCUT2D eigenvalue weighted by Gasteiger charge is -2.16. The number of fused-ring (bicyclic) bond motifs is 2. The first-order valence-corrected chi connectivity index (χ1v) is 9.63. The molecule has 0 saturated carbocycles. The minimum absolute atomic E-state index is 0.0447. The number of aromatic nitrogens is 3. The topological polar surface area (TPSA) is 126 Å². The first kappa shape index (κ1) is 20.1. The Morgan fingerprint density at radius 3 is 2.84 bits per heavy atom. The lowest BCUT2D eigenvalue weighted by Crippen LogP contribution is -2.31. The van der Waals surface area contributed by atoms with Crippen molar-refractivity contribution in [2.24, 2.45) is 0 Å². The van der Waals surface area contributed by atoms with Crippen LogP contribution in [0.1, 0.15) is 60.5 Å². The van der Waals surface area contributed by atoms with Crippen LogP contribution in [0.5, 0.6) is 0 Å². The van der Waals surface area contributed by atoms with E-state index < -0.39 is 17.8 Å². The molecule has 0 saturated heterocycles. The van der Waals surface area contributed by atoms with Gasteiger partial charge in [-0.2, -0.15) is 5.10 Å². The third-order valence-electron chi connectivity index (χ3n) is 5.40. The summed E-state index contributed by atoms with van der Waals surface area (Å²) in [6.07, 6.45) is 7.98. The van der Waals surface area contributed by atoms with Crippen molar-refractivity contribution in [2.45, 2.75) is 25.8 Å². The molecule has 2 amide bonds. The van der Waals surface area contributed by atoms with E-state index in [4.69, 9.17) is 6.42 Å². The molecule has 156 valence electrons. The van der Waals surface area contributed by atoms with E-state index in [0.29, 0.717) is 24.1 Å². The fourth-order valence-corrected chi connectivity index (χ4v) is 3.91. The number of aromatic carboxylic acids is 1. The van der Waals surface area contributed by atoms with Gasteiger partial charge in [0.15, 0.2) is 5.65 Å². The molecule has 9 heteroatoms. The molecular formula is C22H19N5O4. The average molecular weight is 417 g/mol. The molecule has 4 rings (SSSR count). The van der Waals surface area contributed by atoms with E-state index >= 15 is 0 Å². The molecule has 0 bridgehead atoms. The smallest absolute Gasteiger partial charge is 0.335 e. The Balaban J connectivity index is 1.64. The second kappa shape index (κ2) is 7.91. The second-order valence-corrected chi connectivity index (χ2v) is 7.19. The predicted octanol–water partition coefficient (Wildman–Crippen LogP) is 1.52. The lowest BCUT2D eigenvalue weighted by atomic mass is 9.98. The van der Waals surface area contributed by atoms with E-state index in [0.717, 1.165) is 11.1 Å². The highest BCUT2D eigenvalue weighted by Gasteiger charge is 2.28. The summed E-state index contributed by atoms with van der Waals surface area (Å²) in [5, 5.41) is 19.0. The number of hydrogen-bond donors (Lipinski definition) is 3. The van der Waals surface area contributed by atoms with Crippen molar-refractivity contribution in [3.05, 3.63) is 64.1 Å². The van der Waals surface area contributed by atoms with Crippen molar-refractivity contribution in [1.82, 2.24) is 25.2 Å². The highest BCUT2D eigenvalue weighted by atomic mass is 16.4. The average Bonchev–Trinajstić information content (AvgIpc) is 3.38. The molecule has 2 aromatic heterocycles. The van der Waals surface area contributed by atoms with Crippen LogP contribution >= 0.6 is 0 Å². The zero-order valence-electron chi connectivity index (χ0n) is 16.7. The molecule has 3 aromatic rings. The zero-order valence-corrected chi connectivity index (χ0v) is 16.7. The number of nitrogens with one attached hydrogen (secondary N) is 2. The summed E-state index contributed by atoms with van der Waals surface area (Å²) < 4.78 is 1.36. The Hall–Kier alpha value is -4.19. The van der Waals surface area contributed by atoms with E-state index in [1.807, 2.05) is 0 Å². The van der Waals surface area contributed by atoms with Crippen molar-refractivity contribution in [3.8, 4) is 12.3 Å². The Kier molecular flexibility index (Phi) is 5.13. The monoisotopic (exact) mass is 417 g/mol. The molecule has 0 radical (unpaired) electrons. The third kappa shape index (κ3) is 3.59. The highest BCUT2D eigenvalue weighted by Crippen LogP contribution is 2.34. The van der Waals surface area contributed by atoms with Crippen LogP contribution in [0.4, 0.5) is 0 Å².